The van der Waals surface area contributed by atoms with Crippen molar-refractivity contribution in [2.24, 2.45) is 0 Å². The maximum Gasteiger partial charge on any atom is 0.194 e. The van der Waals surface area contributed by atoms with Crippen LogP contribution in [0.4, 0.5) is 15.9 Å². The standard InChI is InChI=1S/C30H26BrFN4O3/c1-18-12-22(6-7-27(18)39-28-5-3-2-4-25(28)32)36-30(33)23(17-34-36)29(37)21-13-19-15-24(31)26(16-20(19)14-21)35-8-10-38-11-9-35/h2-7,12,14-17H,8-11,13,33H2,1H3. The third-order valence-corrected chi connectivity index (χ3v) is 7.71. The molecule has 0 atom stereocenters. The molecule has 0 saturated carbocycles. The first-order valence-electron chi connectivity index (χ1n) is 12.7. The van der Waals surface area contributed by atoms with Gasteiger partial charge in [0, 0.05) is 29.6 Å². The fraction of sp³-hybridized carbons (Fsp3) is 0.200. The highest BCUT2D eigenvalue weighted by Gasteiger charge is 2.26. The molecule has 2 heterocycles. The van der Waals surface area contributed by atoms with Gasteiger partial charge in [-0.15, -0.1) is 0 Å². The lowest BCUT2D eigenvalue weighted by atomic mass is 10.0. The van der Waals surface area contributed by atoms with Crippen LogP contribution in [0.15, 0.2) is 70.8 Å². The van der Waals surface area contributed by atoms with Crippen molar-refractivity contribution >= 4 is 39.3 Å². The predicted molar refractivity (Wildman–Crippen MR) is 152 cm³/mol. The van der Waals surface area contributed by atoms with Crippen LogP contribution in [0.5, 0.6) is 11.5 Å². The zero-order chi connectivity index (χ0) is 27.1. The molecule has 6 rings (SSSR count). The number of hydrogen-bond acceptors (Lipinski definition) is 6. The summed E-state index contributed by atoms with van der Waals surface area (Å²) in [4.78, 5) is 15.8. The fourth-order valence-corrected chi connectivity index (χ4v) is 5.62. The summed E-state index contributed by atoms with van der Waals surface area (Å²) in [7, 11) is 0. The van der Waals surface area contributed by atoms with Crippen LogP contribution in [0.1, 0.15) is 27.0 Å². The van der Waals surface area contributed by atoms with Gasteiger partial charge < -0.3 is 20.1 Å². The average Bonchev–Trinajstić information content (AvgIpc) is 3.53. The van der Waals surface area contributed by atoms with Crippen LogP contribution in [0.25, 0.3) is 11.8 Å². The van der Waals surface area contributed by atoms with Gasteiger partial charge in [0.1, 0.15) is 11.6 Å². The number of nitrogens with two attached hydrogens (primary N) is 1. The van der Waals surface area contributed by atoms with Gasteiger partial charge in [-0.25, -0.2) is 9.07 Å². The number of fused-ring (bicyclic) bond motifs is 1. The number of anilines is 2. The molecule has 0 unspecified atom stereocenters. The second-order valence-electron chi connectivity index (χ2n) is 9.61. The number of allylic oxidation sites excluding steroid dienone is 1. The van der Waals surface area contributed by atoms with E-state index in [-0.39, 0.29) is 17.4 Å². The van der Waals surface area contributed by atoms with E-state index < -0.39 is 5.82 Å². The molecule has 2 aliphatic rings. The van der Waals surface area contributed by atoms with Crippen LogP contribution < -0.4 is 15.4 Å². The molecule has 0 bridgehead atoms. The van der Waals surface area contributed by atoms with E-state index in [1.165, 1.54) is 16.9 Å². The van der Waals surface area contributed by atoms with Crippen LogP contribution in [-0.4, -0.2) is 41.9 Å². The molecule has 1 fully saturated rings. The maximum absolute atomic E-state index is 14.0. The summed E-state index contributed by atoms with van der Waals surface area (Å²) >= 11 is 3.71. The minimum absolute atomic E-state index is 0.143. The minimum Gasteiger partial charge on any atom is -0.454 e. The number of carbonyl (C=O) groups excluding carboxylic acids is 1. The Morgan fingerprint density at radius 3 is 2.67 bits per heavy atom. The summed E-state index contributed by atoms with van der Waals surface area (Å²) in [5, 5.41) is 4.40. The Labute approximate surface area is 233 Å². The highest BCUT2D eigenvalue weighted by atomic mass is 79.9. The Hall–Kier alpha value is -3.95. The highest BCUT2D eigenvalue weighted by Crippen LogP contribution is 2.37. The molecule has 9 heteroatoms. The monoisotopic (exact) mass is 588 g/mol. The normalized spacial score (nSPS) is 14.7. The molecule has 0 radical (unpaired) electrons. The number of nitrogens with zero attached hydrogens (tertiary/aromatic N) is 3. The van der Waals surface area contributed by atoms with E-state index >= 15 is 0 Å². The number of aromatic nitrogens is 2. The number of nitrogen functional groups attached to an aromatic ring is 1. The topological polar surface area (TPSA) is 82.6 Å². The molecular formula is C30H26BrFN4O3. The van der Waals surface area contributed by atoms with Crippen molar-refractivity contribution in [1.29, 1.82) is 0 Å². The van der Waals surface area contributed by atoms with Gasteiger partial charge in [0.05, 0.1) is 36.3 Å². The largest absolute Gasteiger partial charge is 0.454 e. The van der Waals surface area contributed by atoms with Crippen molar-refractivity contribution in [3.63, 3.8) is 0 Å². The van der Waals surface area contributed by atoms with Crippen molar-refractivity contribution in [2.45, 2.75) is 13.3 Å². The van der Waals surface area contributed by atoms with Gasteiger partial charge in [0.15, 0.2) is 17.3 Å². The van der Waals surface area contributed by atoms with Gasteiger partial charge in [0.25, 0.3) is 0 Å². The summed E-state index contributed by atoms with van der Waals surface area (Å²) in [6.07, 6.45) is 3.99. The Morgan fingerprint density at radius 2 is 1.90 bits per heavy atom. The lowest BCUT2D eigenvalue weighted by molar-refractivity contribution is 0.103. The first kappa shape index (κ1) is 25.3. The van der Waals surface area contributed by atoms with Crippen LogP contribution in [0.3, 0.4) is 0 Å². The molecule has 2 N–H and O–H groups in total. The summed E-state index contributed by atoms with van der Waals surface area (Å²) < 4.78 is 27.8. The molecule has 1 saturated heterocycles. The second-order valence-corrected chi connectivity index (χ2v) is 10.5. The molecule has 3 aromatic carbocycles. The van der Waals surface area contributed by atoms with Gasteiger partial charge in [-0.3, -0.25) is 4.79 Å². The number of rotatable bonds is 6. The second kappa shape index (κ2) is 10.3. The molecule has 198 valence electrons. The molecule has 7 nitrogen and oxygen atoms in total. The Kier molecular flexibility index (Phi) is 6.70. The van der Waals surface area contributed by atoms with Gasteiger partial charge in [0.2, 0.25) is 0 Å². The Morgan fingerprint density at radius 1 is 1.10 bits per heavy atom. The van der Waals surface area contributed by atoms with Gasteiger partial charge >= 0.3 is 0 Å². The minimum atomic E-state index is -0.437. The fourth-order valence-electron chi connectivity index (χ4n) is 4.98. The number of Topliss-reactive ketones (excluding diaryl/α,β-unsaturated/α-hetero) is 1. The highest BCUT2D eigenvalue weighted by molar-refractivity contribution is 9.10. The number of carbonyl (C=O) groups is 1. The van der Waals surface area contributed by atoms with Crippen LogP contribution in [0.2, 0.25) is 0 Å². The van der Waals surface area contributed by atoms with Crippen molar-refractivity contribution < 1.29 is 18.7 Å². The van der Waals surface area contributed by atoms with E-state index in [0.29, 0.717) is 42.2 Å². The van der Waals surface area contributed by atoms with Gasteiger partial charge in [-0.05, 0) is 88.1 Å². The average molecular weight is 589 g/mol. The van der Waals surface area contributed by atoms with Gasteiger partial charge in [-0.2, -0.15) is 5.10 Å². The number of halogens is 2. The quantitative estimate of drug-likeness (QED) is 0.273. The molecule has 0 spiro atoms. The van der Waals surface area contributed by atoms with Crippen molar-refractivity contribution in [3.8, 4) is 17.2 Å². The molecule has 0 amide bonds. The number of para-hydroxylation sites is 1. The number of ketones is 1. The Bertz CT molecular complexity index is 1620. The van der Waals surface area contributed by atoms with E-state index in [2.05, 4.69) is 38.1 Å². The third kappa shape index (κ3) is 4.84. The third-order valence-electron chi connectivity index (χ3n) is 7.07. The summed E-state index contributed by atoms with van der Waals surface area (Å²) in [6, 6.07) is 15.8. The van der Waals surface area contributed by atoms with E-state index in [0.717, 1.165) is 39.9 Å². The summed E-state index contributed by atoms with van der Waals surface area (Å²) in [5.74, 6) is 0.343. The van der Waals surface area contributed by atoms with Crippen LogP contribution in [0, 0.1) is 12.7 Å². The van der Waals surface area contributed by atoms with E-state index in [4.69, 9.17) is 15.2 Å². The first-order valence-corrected chi connectivity index (χ1v) is 13.5. The maximum atomic E-state index is 14.0. The lowest BCUT2D eigenvalue weighted by Crippen LogP contribution is -2.36. The van der Waals surface area contributed by atoms with Crippen molar-refractivity contribution in [1.82, 2.24) is 9.78 Å². The zero-order valence-electron chi connectivity index (χ0n) is 21.3. The molecule has 1 aliphatic carbocycles. The number of aryl methyl sites for hydroxylation is 1. The number of benzene rings is 3. The van der Waals surface area contributed by atoms with Crippen molar-refractivity contribution in [2.75, 3.05) is 36.9 Å². The zero-order valence-corrected chi connectivity index (χ0v) is 22.9. The molecule has 1 aromatic heterocycles. The molecule has 1 aliphatic heterocycles. The molecular weight excluding hydrogens is 563 g/mol. The summed E-state index contributed by atoms with van der Waals surface area (Å²) in [6.45, 7) is 4.92. The van der Waals surface area contributed by atoms with E-state index in [1.807, 2.05) is 19.1 Å². The summed E-state index contributed by atoms with van der Waals surface area (Å²) in [5.41, 5.74) is 12.1. The number of hydrogen-bond donors (Lipinski definition) is 1. The van der Waals surface area contributed by atoms with Crippen molar-refractivity contribution in [3.05, 3.63) is 98.9 Å². The van der Waals surface area contributed by atoms with Crippen LogP contribution in [-0.2, 0) is 11.2 Å². The SMILES string of the molecule is Cc1cc(-n2ncc(C(=O)C3=Cc4cc(N5CCOCC5)c(Br)cc4C3)c2N)ccc1Oc1ccccc1F. The first-order chi connectivity index (χ1) is 18.9. The smallest absolute Gasteiger partial charge is 0.194 e. The molecule has 39 heavy (non-hydrogen) atoms. The molecule has 4 aromatic rings. The van der Waals surface area contributed by atoms with Crippen LogP contribution >= 0.6 is 15.9 Å². The predicted octanol–water partition coefficient (Wildman–Crippen LogP) is 6.12. The number of ether oxygens (including phenoxy) is 2. The number of morpholine rings is 1. The Balaban J connectivity index is 1.23. The van der Waals surface area contributed by atoms with Gasteiger partial charge in [-0.1, -0.05) is 12.1 Å². The van der Waals surface area contributed by atoms with E-state index in [1.54, 1.807) is 30.3 Å². The van der Waals surface area contributed by atoms with E-state index in [9.17, 15) is 9.18 Å². The lowest BCUT2D eigenvalue weighted by Gasteiger charge is -2.30.